The number of aromatic nitrogens is 5. The molecule has 0 atom stereocenters. The van der Waals surface area contributed by atoms with Gasteiger partial charge in [0.2, 0.25) is 0 Å². The Bertz CT molecular complexity index is 811. The Labute approximate surface area is 154 Å². The lowest BCUT2D eigenvalue weighted by molar-refractivity contribution is 0.241. The smallest absolute Gasteiger partial charge is 0.170 e. The van der Waals surface area contributed by atoms with Crippen LogP contribution in [0.3, 0.4) is 0 Å². The molecule has 0 radical (unpaired) electrons. The molecule has 0 spiro atoms. The number of halogens is 1. The minimum absolute atomic E-state index is 0.740. The van der Waals surface area contributed by atoms with E-state index >= 15 is 0 Å². The van der Waals surface area contributed by atoms with Gasteiger partial charge in [0.1, 0.15) is 5.82 Å². The zero-order valence-electron chi connectivity index (χ0n) is 13.7. The Morgan fingerprint density at radius 1 is 0.960 bits per heavy atom. The second-order valence-corrected chi connectivity index (χ2v) is 6.86. The molecule has 0 saturated carbocycles. The molecule has 1 saturated heterocycles. The minimum Gasteiger partial charge on any atom is -0.354 e. The third-order valence-corrected chi connectivity index (χ3v) is 4.78. The molecule has 0 aliphatic carbocycles. The van der Waals surface area contributed by atoms with Crippen LogP contribution < -0.4 is 4.90 Å². The highest BCUT2D eigenvalue weighted by Crippen LogP contribution is 2.17. The molecular weight excluding hydrogens is 382 g/mol. The van der Waals surface area contributed by atoms with E-state index in [9.17, 15) is 0 Å². The SMILES string of the molecule is Brc1ccc(N2CCN(Cc3nnnn3-c3ccccc3)CC2)nc1. The fourth-order valence-electron chi connectivity index (χ4n) is 2.96. The third kappa shape index (κ3) is 3.69. The van der Waals surface area contributed by atoms with Gasteiger partial charge < -0.3 is 4.90 Å². The number of piperazine rings is 1. The Kier molecular flexibility index (Phi) is 4.71. The molecule has 1 aliphatic heterocycles. The van der Waals surface area contributed by atoms with Crippen molar-refractivity contribution in [2.45, 2.75) is 6.54 Å². The molecule has 8 heteroatoms. The van der Waals surface area contributed by atoms with Gasteiger partial charge in [0.15, 0.2) is 5.82 Å². The largest absolute Gasteiger partial charge is 0.354 e. The van der Waals surface area contributed by atoms with Crippen LogP contribution in [0.4, 0.5) is 5.82 Å². The monoisotopic (exact) mass is 399 g/mol. The normalized spacial score (nSPS) is 15.5. The summed E-state index contributed by atoms with van der Waals surface area (Å²) < 4.78 is 2.81. The molecule has 2 aromatic heterocycles. The van der Waals surface area contributed by atoms with Gasteiger partial charge in [-0.1, -0.05) is 18.2 Å². The molecule has 0 N–H and O–H groups in total. The van der Waals surface area contributed by atoms with Crippen molar-refractivity contribution in [3.63, 3.8) is 0 Å². The van der Waals surface area contributed by atoms with Crippen LogP contribution in [0, 0.1) is 0 Å². The zero-order chi connectivity index (χ0) is 17.1. The summed E-state index contributed by atoms with van der Waals surface area (Å²) in [6.07, 6.45) is 1.84. The summed E-state index contributed by atoms with van der Waals surface area (Å²) in [5.74, 6) is 1.89. The zero-order valence-corrected chi connectivity index (χ0v) is 15.2. The number of rotatable bonds is 4. The molecule has 1 aliphatic rings. The van der Waals surface area contributed by atoms with Gasteiger partial charge in [0.25, 0.3) is 0 Å². The van der Waals surface area contributed by atoms with Crippen molar-refractivity contribution in [3.05, 3.63) is 59.0 Å². The van der Waals surface area contributed by atoms with E-state index in [4.69, 9.17) is 0 Å². The number of pyridine rings is 1. The molecule has 128 valence electrons. The van der Waals surface area contributed by atoms with Gasteiger partial charge in [-0.25, -0.2) is 4.98 Å². The molecule has 25 heavy (non-hydrogen) atoms. The Morgan fingerprint density at radius 2 is 1.76 bits per heavy atom. The van der Waals surface area contributed by atoms with Crippen LogP contribution in [-0.4, -0.2) is 56.3 Å². The Balaban J connectivity index is 1.40. The van der Waals surface area contributed by atoms with E-state index in [0.717, 1.165) is 54.5 Å². The summed E-state index contributed by atoms with van der Waals surface area (Å²) in [4.78, 5) is 9.16. The molecular formula is C17H18BrN7. The third-order valence-electron chi connectivity index (χ3n) is 4.31. The van der Waals surface area contributed by atoms with Crippen molar-refractivity contribution in [1.29, 1.82) is 0 Å². The first kappa shape index (κ1) is 16.2. The topological polar surface area (TPSA) is 63.0 Å². The van der Waals surface area contributed by atoms with E-state index in [1.54, 1.807) is 0 Å². The van der Waals surface area contributed by atoms with Crippen LogP contribution in [0.5, 0.6) is 0 Å². The Hall–Kier alpha value is -2.32. The number of hydrogen-bond donors (Lipinski definition) is 0. The van der Waals surface area contributed by atoms with Crippen LogP contribution in [0.2, 0.25) is 0 Å². The quantitative estimate of drug-likeness (QED) is 0.669. The molecule has 0 bridgehead atoms. The summed E-state index contributed by atoms with van der Waals surface area (Å²) in [6.45, 7) is 4.55. The first-order chi connectivity index (χ1) is 12.3. The first-order valence-corrected chi connectivity index (χ1v) is 9.00. The van der Waals surface area contributed by atoms with Gasteiger partial charge in [-0.2, -0.15) is 4.68 Å². The molecule has 7 nitrogen and oxygen atoms in total. The van der Waals surface area contributed by atoms with Crippen LogP contribution in [-0.2, 0) is 6.54 Å². The van der Waals surface area contributed by atoms with Gasteiger partial charge >= 0.3 is 0 Å². The number of hydrogen-bond acceptors (Lipinski definition) is 6. The molecule has 3 aromatic rings. The fourth-order valence-corrected chi connectivity index (χ4v) is 3.20. The molecule has 4 rings (SSSR count). The fraction of sp³-hybridized carbons (Fsp3) is 0.294. The standard InChI is InChI=1S/C17H18BrN7/c18-14-6-7-16(19-12-14)24-10-8-23(9-11-24)13-17-20-21-22-25(17)15-4-2-1-3-5-15/h1-7,12H,8-11,13H2. The van der Waals surface area contributed by atoms with E-state index in [2.05, 4.69) is 52.3 Å². The maximum Gasteiger partial charge on any atom is 0.170 e. The van der Waals surface area contributed by atoms with Gasteiger partial charge in [-0.05, 0) is 50.6 Å². The number of nitrogens with zero attached hydrogens (tertiary/aromatic N) is 7. The van der Waals surface area contributed by atoms with Crippen LogP contribution in [0.15, 0.2) is 53.1 Å². The van der Waals surface area contributed by atoms with Crippen molar-refractivity contribution >= 4 is 21.7 Å². The Morgan fingerprint density at radius 3 is 2.48 bits per heavy atom. The van der Waals surface area contributed by atoms with E-state index < -0.39 is 0 Å². The highest BCUT2D eigenvalue weighted by Gasteiger charge is 2.20. The molecule has 0 unspecified atom stereocenters. The predicted octanol–water partition coefficient (Wildman–Crippen LogP) is 2.14. The number of tetrazole rings is 1. The number of para-hydroxylation sites is 1. The second kappa shape index (κ2) is 7.28. The second-order valence-electron chi connectivity index (χ2n) is 5.94. The first-order valence-electron chi connectivity index (χ1n) is 8.21. The van der Waals surface area contributed by atoms with Crippen LogP contribution >= 0.6 is 15.9 Å². The van der Waals surface area contributed by atoms with Crippen LogP contribution in [0.25, 0.3) is 5.69 Å². The lowest BCUT2D eigenvalue weighted by Crippen LogP contribution is -2.46. The molecule has 0 amide bonds. The number of anilines is 1. The average molecular weight is 400 g/mol. The summed E-state index contributed by atoms with van der Waals surface area (Å²) >= 11 is 3.43. The lowest BCUT2D eigenvalue weighted by atomic mass is 10.3. The minimum atomic E-state index is 0.740. The predicted molar refractivity (Wildman–Crippen MR) is 98.6 cm³/mol. The van der Waals surface area contributed by atoms with Crippen molar-refractivity contribution < 1.29 is 0 Å². The molecule has 1 fully saturated rings. The summed E-state index contributed by atoms with van der Waals surface area (Å²) in [6, 6.07) is 14.1. The number of benzene rings is 1. The van der Waals surface area contributed by atoms with Gasteiger partial charge in [0.05, 0.1) is 12.2 Å². The summed E-state index contributed by atoms with van der Waals surface area (Å²) in [5.41, 5.74) is 0.986. The van der Waals surface area contributed by atoms with E-state index in [-0.39, 0.29) is 0 Å². The lowest BCUT2D eigenvalue weighted by Gasteiger charge is -2.35. The van der Waals surface area contributed by atoms with Gasteiger partial charge in [-0.3, -0.25) is 4.90 Å². The van der Waals surface area contributed by atoms with Crippen molar-refractivity contribution in [3.8, 4) is 5.69 Å². The molecule has 1 aromatic carbocycles. The van der Waals surface area contributed by atoms with Gasteiger partial charge in [0, 0.05) is 36.8 Å². The summed E-state index contributed by atoms with van der Waals surface area (Å²) in [5, 5.41) is 12.2. The highest BCUT2D eigenvalue weighted by atomic mass is 79.9. The maximum absolute atomic E-state index is 4.48. The van der Waals surface area contributed by atoms with Gasteiger partial charge in [-0.15, -0.1) is 5.10 Å². The van der Waals surface area contributed by atoms with Crippen molar-refractivity contribution in [1.82, 2.24) is 30.1 Å². The maximum atomic E-state index is 4.48. The average Bonchev–Trinajstić information content (AvgIpc) is 3.12. The van der Waals surface area contributed by atoms with E-state index in [1.165, 1.54) is 0 Å². The van der Waals surface area contributed by atoms with E-state index in [1.807, 2.05) is 47.3 Å². The van der Waals surface area contributed by atoms with E-state index in [0.29, 0.717) is 0 Å². The van der Waals surface area contributed by atoms with Crippen molar-refractivity contribution in [2.75, 3.05) is 31.1 Å². The van der Waals surface area contributed by atoms with Crippen molar-refractivity contribution in [2.24, 2.45) is 0 Å². The molecule has 3 heterocycles. The highest BCUT2D eigenvalue weighted by molar-refractivity contribution is 9.10. The van der Waals surface area contributed by atoms with Crippen LogP contribution in [0.1, 0.15) is 5.82 Å². The summed E-state index contributed by atoms with van der Waals surface area (Å²) in [7, 11) is 0.